The lowest BCUT2D eigenvalue weighted by atomic mass is 9.93. The molecule has 0 aromatic heterocycles. The molecule has 1 atom stereocenters. The fraction of sp³-hybridized carbons (Fsp3) is 0.333. The summed E-state index contributed by atoms with van der Waals surface area (Å²) >= 11 is 0. The molecule has 0 heterocycles. The van der Waals surface area contributed by atoms with E-state index >= 15 is 0 Å². The highest BCUT2D eigenvalue weighted by atomic mass is 19.1. The third kappa shape index (κ3) is 2.11. The molecular weight excluding hydrogens is 182 g/mol. The van der Waals surface area contributed by atoms with Crippen LogP contribution in [-0.4, -0.2) is 0 Å². The van der Waals surface area contributed by atoms with Crippen LogP contribution >= 0.6 is 0 Å². The van der Waals surface area contributed by atoms with Crippen molar-refractivity contribution >= 4 is 0 Å². The van der Waals surface area contributed by atoms with Gasteiger partial charge < -0.3 is 0 Å². The average Bonchev–Trinajstić information content (AvgIpc) is 2.16. The Morgan fingerprint density at radius 3 is 2.36 bits per heavy atom. The van der Waals surface area contributed by atoms with Crippen molar-refractivity contribution in [2.45, 2.75) is 25.7 Å². The maximum Gasteiger partial charge on any atom is 0.129 e. The van der Waals surface area contributed by atoms with Crippen molar-refractivity contribution in [3.05, 3.63) is 35.4 Å². The summed E-state index contributed by atoms with van der Waals surface area (Å²) < 4.78 is 26.6. The molecule has 0 radical (unpaired) electrons. The third-order valence-corrected chi connectivity index (χ3v) is 2.27. The first kappa shape index (κ1) is 10.7. The molecule has 0 saturated heterocycles. The SMILES string of the molecule is C#CCC(CC)c1c(F)cccc1F. The number of benzene rings is 1. The van der Waals surface area contributed by atoms with Crippen molar-refractivity contribution in [1.29, 1.82) is 0 Å². The number of rotatable bonds is 3. The largest absolute Gasteiger partial charge is 0.207 e. The first-order valence-electron chi connectivity index (χ1n) is 4.58. The summed E-state index contributed by atoms with van der Waals surface area (Å²) in [4.78, 5) is 0. The van der Waals surface area contributed by atoms with Crippen LogP contribution in [0.2, 0.25) is 0 Å². The van der Waals surface area contributed by atoms with E-state index in [4.69, 9.17) is 6.42 Å². The molecule has 1 aromatic carbocycles. The molecule has 1 rings (SSSR count). The van der Waals surface area contributed by atoms with E-state index in [1.165, 1.54) is 18.2 Å². The van der Waals surface area contributed by atoms with E-state index in [0.29, 0.717) is 12.8 Å². The second kappa shape index (κ2) is 4.76. The average molecular weight is 194 g/mol. The molecule has 0 N–H and O–H groups in total. The van der Waals surface area contributed by atoms with Crippen LogP contribution in [0.5, 0.6) is 0 Å². The topological polar surface area (TPSA) is 0 Å². The molecule has 2 heteroatoms. The minimum Gasteiger partial charge on any atom is -0.207 e. The van der Waals surface area contributed by atoms with Crippen molar-refractivity contribution in [3.63, 3.8) is 0 Å². The van der Waals surface area contributed by atoms with E-state index in [-0.39, 0.29) is 11.5 Å². The molecule has 0 amide bonds. The molecule has 0 bridgehead atoms. The van der Waals surface area contributed by atoms with Crippen molar-refractivity contribution in [3.8, 4) is 12.3 Å². The summed E-state index contributed by atoms with van der Waals surface area (Å²) in [6.07, 6.45) is 6.16. The van der Waals surface area contributed by atoms with Crippen molar-refractivity contribution < 1.29 is 8.78 Å². The Kier molecular flexibility index (Phi) is 3.64. The van der Waals surface area contributed by atoms with E-state index in [2.05, 4.69) is 5.92 Å². The van der Waals surface area contributed by atoms with Crippen molar-refractivity contribution in [1.82, 2.24) is 0 Å². The summed E-state index contributed by atoms with van der Waals surface area (Å²) in [6, 6.07) is 3.88. The standard InChI is InChI=1S/C12H12F2/c1-3-6-9(4-2)12-10(13)7-5-8-11(12)14/h1,5,7-9H,4,6H2,2H3. The highest BCUT2D eigenvalue weighted by Gasteiger charge is 2.17. The predicted octanol–water partition coefficient (Wildman–Crippen LogP) is 3.48. The molecule has 1 aromatic rings. The number of hydrogen-bond acceptors (Lipinski definition) is 0. The Balaban J connectivity index is 3.09. The zero-order valence-electron chi connectivity index (χ0n) is 8.06. The molecule has 14 heavy (non-hydrogen) atoms. The Morgan fingerprint density at radius 2 is 1.93 bits per heavy atom. The Hall–Kier alpha value is -1.36. The highest BCUT2D eigenvalue weighted by Crippen LogP contribution is 2.27. The second-order valence-corrected chi connectivity index (χ2v) is 3.15. The predicted molar refractivity (Wildman–Crippen MR) is 52.8 cm³/mol. The minimum absolute atomic E-state index is 0.118. The summed E-state index contributed by atoms with van der Waals surface area (Å²) in [6.45, 7) is 1.87. The molecule has 0 saturated carbocycles. The van der Waals surface area contributed by atoms with Gasteiger partial charge in [-0.15, -0.1) is 12.3 Å². The van der Waals surface area contributed by atoms with Gasteiger partial charge in [0, 0.05) is 17.9 Å². The lowest BCUT2D eigenvalue weighted by Crippen LogP contribution is -2.03. The monoisotopic (exact) mass is 194 g/mol. The fourth-order valence-electron chi connectivity index (χ4n) is 1.49. The van der Waals surface area contributed by atoms with E-state index in [0.717, 1.165) is 0 Å². The molecule has 0 fully saturated rings. The lowest BCUT2D eigenvalue weighted by molar-refractivity contribution is 0.518. The fourth-order valence-corrected chi connectivity index (χ4v) is 1.49. The molecular formula is C12H12F2. The zero-order chi connectivity index (χ0) is 10.6. The lowest BCUT2D eigenvalue weighted by Gasteiger charge is -2.13. The van der Waals surface area contributed by atoms with Crippen LogP contribution in [0.25, 0.3) is 0 Å². The third-order valence-electron chi connectivity index (χ3n) is 2.27. The maximum absolute atomic E-state index is 13.3. The Bertz CT molecular complexity index is 330. The van der Waals surface area contributed by atoms with E-state index < -0.39 is 11.6 Å². The van der Waals surface area contributed by atoms with Crippen LogP contribution in [0.1, 0.15) is 31.2 Å². The minimum atomic E-state index is -0.507. The van der Waals surface area contributed by atoms with Crippen LogP contribution in [0.4, 0.5) is 8.78 Å². The van der Waals surface area contributed by atoms with E-state index in [1.807, 2.05) is 6.92 Å². The van der Waals surface area contributed by atoms with Gasteiger partial charge in [0.15, 0.2) is 0 Å². The number of terminal acetylenes is 1. The van der Waals surface area contributed by atoms with Crippen LogP contribution in [0.3, 0.4) is 0 Å². The van der Waals surface area contributed by atoms with Crippen LogP contribution in [-0.2, 0) is 0 Å². The summed E-state index contributed by atoms with van der Waals surface area (Å²) in [5, 5.41) is 0. The highest BCUT2D eigenvalue weighted by molar-refractivity contribution is 5.24. The van der Waals surface area contributed by atoms with Crippen molar-refractivity contribution in [2.24, 2.45) is 0 Å². The quantitative estimate of drug-likeness (QED) is 0.646. The summed E-state index contributed by atoms with van der Waals surface area (Å²) in [7, 11) is 0. The number of halogens is 2. The van der Waals surface area contributed by atoms with Gasteiger partial charge in [-0.1, -0.05) is 13.0 Å². The summed E-state index contributed by atoms with van der Waals surface area (Å²) in [5.74, 6) is 1.20. The van der Waals surface area contributed by atoms with Gasteiger partial charge in [0.1, 0.15) is 11.6 Å². The van der Waals surface area contributed by atoms with Crippen LogP contribution in [0, 0.1) is 24.0 Å². The molecule has 0 nitrogen and oxygen atoms in total. The van der Waals surface area contributed by atoms with Gasteiger partial charge in [-0.25, -0.2) is 8.78 Å². The molecule has 74 valence electrons. The van der Waals surface area contributed by atoms with Crippen LogP contribution < -0.4 is 0 Å². The molecule has 0 aliphatic rings. The normalized spacial score (nSPS) is 12.1. The van der Waals surface area contributed by atoms with Gasteiger partial charge in [0.25, 0.3) is 0 Å². The van der Waals surface area contributed by atoms with Crippen molar-refractivity contribution in [2.75, 3.05) is 0 Å². The molecule has 0 spiro atoms. The Morgan fingerprint density at radius 1 is 1.36 bits per heavy atom. The second-order valence-electron chi connectivity index (χ2n) is 3.15. The molecule has 0 aliphatic carbocycles. The van der Waals surface area contributed by atoms with Gasteiger partial charge in [0.05, 0.1) is 0 Å². The van der Waals surface area contributed by atoms with E-state index in [9.17, 15) is 8.78 Å². The maximum atomic E-state index is 13.3. The van der Waals surface area contributed by atoms with Gasteiger partial charge in [-0.2, -0.15) is 0 Å². The van der Waals surface area contributed by atoms with E-state index in [1.54, 1.807) is 0 Å². The number of hydrogen-bond donors (Lipinski definition) is 0. The summed E-state index contributed by atoms with van der Waals surface area (Å²) in [5.41, 5.74) is 0.118. The zero-order valence-corrected chi connectivity index (χ0v) is 8.06. The smallest absolute Gasteiger partial charge is 0.129 e. The van der Waals surface area contributed by atoms with Gasteiger partial charge >= 0.3 is 0 Å². The van der Waals surface area contributed by atoms with Crippen LogP contribution in [0.15, 0.2) is 18.2 Å². The Labute approximate surface area is 83.0 Å². The molecule has 0 aliphatic heterocycles. The first-order valence-corrected chi connectivity index (χ1v) is 4.58. The van der Waals surface area contributed by atoms with Gasteiger partial charge in [-0.3, -0.25) is 0 Å². The molecule has 1 unspecified atom stereocenters. The first-order chi connectivity index (χ1) is 6.70. The van der Waals surface area contributed by atoms with Gasteiger partial charge in [-0.05, 0) is 18.6 Å². The van der Waals surface area contributed by atoms with Gasteiger partial charge in [0.2, 0.25) is 0 Å².